The Morgan fingerprint density at radius 2 is 1.89 bits per heavy atom. The Kier molecular flexibility index (Phi) is 3.31. The number of nitrogens with zero attached hydrogens (tertiary/aromatic N) is 2. The van der Waals surface area contributed by atoms with Gasteiger partial charge >= 0.3 is 0 Å². The van der Waals surface area contributed by atoms with E-state index in [0.29, 0.717) is 22.4 Å². The van der Waals surface area contributed by atoms with Gasteiger partial charge in [-0.1, -0.05) is 12.1 Å². The third kappa shape index (κ3) is 2.28. The number of hydrogen-bond donors (Lipinski definition) is 1. The lowest BCUT2D eigenvalue weighted by atomic mass is 10.1. The molecule has 5 nitrogen and oxygen atoms in total. The normalized spacial score (nSPS) is 13.4. The summed E-state index contributed by atoms with van der Waals surface area (Å²) in [5.74, 6) is 1.17. The average molecular weight is 385 g/mol. The van der Waals surface area contributed by atoms with Gasteiger partial charge in [-0.25, -0.2) is 9.97 Å². The fourth-order valence-electron chi connectivity index (χ4n) is 4.05. The molecule has 1 N–H and O–H groups in total. The van der Waals surface area contributed by atoms with Crippen molar-refractivity contribution < 1.29 is 4.74 Å². The number of pyridine rings is 1. The molecular formula is C22H15N3O2S. The summed E-state index contributed by atoms with van der Waals surface area (Å²) in [5, 5.41) is 2.30. The van der Waals surface area contributed by atoms with Crippen LogP contribution in [-0.2, 0) is 12.8 Å². The van der Waals surface area contributed by atoms with Gasteiger partial charge in [0.25, 0.3) is 0 Å². The van der Waals surface area contributed by atoms with Crippen molar-refractivity contribution in [3.8, 4) is 11.6 Å². The molecule has 5 aromatic rings. The lowest BCUT2D eigenvalue weighted by molar-refractivity contribution is 0.468. The minimum atomic E-state index is -0.000871. The van der Waals surface area contributed by atoms with E-state index in [0.717, 1.165) is 34.1 Å². The van der Waals surface area contributed by atoms with Crippen LogP contribution in [0.15, 0.2) is 53.6 Å². The van der Waals surface area contributed by atoms with Crippen molar-refractivity contribution in [2.45, 2.75) is 19.3 Å². The van der Waals surface area contributed by atoms with Gasteiger partial charge in [-0.2, -0.15) is 0 Å². The molecule has 0 amide bonds. The number of H-pyrrole nitrogens is 1. The highest BCUT2D eigenvalue weighted by Gasteiger charge is 2.22. The quantitative estimate of drug-likeness (QED) is 0.436. The van der Waals surface area contributed by atoms with Crippen molar-refractivity contribution in [1.29, 1.82) is 0 Å². The van der Waals surface area contributed by atoms with Crippen molar-refractivity contribution >= 4 is 43.4 Å². The average Bonchev–Trinajstić information content (AvgIpc) is 3.30. The molecule has 0 unspecified atom stereocenters. The summed E-state index contributed by atoms with van der Waals surface area (Å²) >= 11 is 1.73. The minimum Gasteiger partial charge on any atom is -0.438 e. The van der Waals surface area contributed by atoms with Crippen molar-refractivity contribution in [3.63, 3.8) is 0 Å². The molecule has 6 heteroatoms. The Labute approximate surface area is 163 Å². The van der Waals surface area contributed by atoms with Crippen LogP contribution in [0.4, 0.5) is 0 Å². The van der Waals surface area contributed by atoms with E-state index in [4.69, 9.17) is 4.74 Å². The maximum Gasteiger partial charge on any atom is 0.231 e. The fourth-order valence-corrected chi connectivity index (χ4v) is 5.27. The monoisotopic (exact) mass is 385 g/mol. The van der Waals surface area contributed by atoms with Crippen LogP contribution in [0.5, 0.6) is 11.6 Å². The molecular weight excluding hydrogens is 370 g/mol. The van der Waals surface area contributed by atoms with Gasteiger partial charge in [0.15, 0.2) is 5.43 Å². The highest BCUT2D eigenvalue weighted by atomic mass is 32.1. The molecule has 2 aromatic carbocycles. The topological polar surface area (TPSA) is 67.9 Å². The Morgan fingerprint density at radius 3 is 2.86 bits per heavy atom. The van der Waals surface area contributed by atoms with Gasteiger partial charge in [-0.15, -0.1) is 11.3 Å². The first-order chi connectivity index (χ1) is 13.8. The summed E-state index contributed by atoms with van der Waals surface area (Å²) in [6.45, 7) is 0. The summed E-state index contributed by atoms with van der Waals surface area (Å²) < 4.78 is 6.15. The first-order valence-corrected chi connectivity index (χ1v) is 10.1. The maximum absolute atomic E-state index is 12.9. The highest BCUT2D eigenvalue weighted by molar-refractivity contribution is 7.18. The molecule has 3 heterocycles. The van der Waals surface area contributed by atoms with E-state index in [-0.39, 0.29) is 5.43 Å². The molecule has 0 saturated heterocycles. The van der Waals surface area contributed by atoms with E-state index in [9.17, 15) is 4.79 Å². The third-order valence-electron chi connectivity index (χ3n) is 5.36. The number of aryl methyl sites for hydroxylation is 2. The second-order valence-corrected chi connectivity index (χ2v) is 8.11. The molecule has 0 saturated carbocycles. The largest absolute Gasteiger partial charge is 0.438 e. The molecule has 1 aliphatic rings. The lowest BCUT2D eigenvalue weighted by Gasteiger charge is -2.08. The van der Waals surface area contributed by atoms with Crippen molar-refractivity contribution in [2.24, 2.45) is 0 Å². The molecule has 0 radical (unpaired) electrons. The number of thiophene rings is 1. The minimum absolute atomic E-state index is 0.000871. The number of ether oxygens (including phenoxy) is 1. The van der Waals surface area contributed by atoms with Gasteiger partial charge in [0, 0.05) is 21.2 Å². The first kappa shape index (κ1) is 15.8. The Hall–Kier alpha value is -3.25. The second kappa shape index (κ2) is 5.87. The lowest BCUT2D eigenvalue weighted by Crippen LogP contribution is -2.04. The molecule has 6 rings (SSSR count). The van der Waals surface area contributed by atoms with Crippen molar-refractivity contribution in [3.05, 3.63) is 69.5 Å². The third-order valence-corrected chi connectivity index (χ3v) is 6.56. The summed E-state index contributed by atoms with van der Waals surface area (Å²) in [5.41, 5.74) is 2.94. The number of aromatic nitrogens is 3. The van der Waals surface area contributed by atoms with Crippen molar-refractivity contribution in [2.75, 3.05) is 0 Å². The number of hydrogen-bond acceptors (Lipinski definition) is 5. The van der Waals surface area contributed by atoms with Crippen molar-refractivity contribution in [1.82, 2.24) is 15.0 Å². The molecule has 28 heavy (non-hydrogen) atoms. The number of fused-ring (bicyclic) bond motifs is 5. The molecule has 0 atom stereocenters. The van der Waals surface area contributed by atoms with E-state index in [1.807, 2.05) is 36.4 Å². The maximum atomic E-state index is 12.9. The van der Waals surface area contributed by atoms with Crippen LogP contribution in [0.3, 0.4) is 0 Å². The smallest absolute Gasteiger partial charge is 0.231 e. The van der Waals surface area contributed by atoms with Crippen LogP contribution in [0.2, 0.25) is 0 Å². The standard InChI is InChI=1S/C22H15N3O2S/c26-20-13-4-1-2-6-16(13)25-17-9-8-12(10-15(17)20)27-21-19-14-5-3-7-18(14)28-22(19)24-11-23-21/h1-2,4,6,8-11H,3,5,7H2,(H,25,26). The first-order valence-electron chi connectivity index (χ1n) is 9.26. The predicted molar refractivity (Wildman–Crippen MR) is 112 cm³/mol. The summed E-state index contributed by atoms with van der Waals surface area (Å²) in [6.07, 6.45) is 4.87. The molecule has 0 fully saturated rings. The number of rotatable bonds is 2. The van der Waals surface area contributed by atoms with Crippen LogP contribution in [0.1, 0.15) is 16.9 Å². The zero-order chi connectivity index (χ0) is 18.7. The summed E-state index contributed by atoms with van der Waals surface area (Å²) in [6, 6.07) is 13.1. The van der Waals surface area contributed by atoms with Gasteiger partial charge in [0.1, 0.15) is 16.9 Å². The summed E-state index contributed by atoms with van der Waals surface area (Å²) in [7, 11) is 0. The molecule has 0 spiro atoms. The zero-order valence-electron chi connectivity index (χ0n) is 14.9. The van der Waals surface area contributed by atoms with Gasteiger partial charge in [0.05, 0.1) is 10.9 Å². The number of nitrogens with one attached hydrogen (secondary N) is 1. The van der Waals surface area contributed by atoms with Gasteiger partial charge in [-0.05, 0) is 55.2 Å². The molecule has 0 aliphatic heterocycles. The molecule has 1 aliphatic carbocycles. The number of aromatic amines is 1. The fraction of sp³-hybridized carbons (Fsp3) is 0.136. The number of benzene rings is 2. The van der Waals surface area contributed by atoms with E-state index in [1.165, 1.54) is 16.9 Å². The van der Waals surface area contributed by atoms with Crippen LogP contribution in [0.25, 0.3) is 32.0 Å². The summed E-state index contributed by atoms with van der Waals surface area (Å²) in [4.78, 5) is 27.4. The molecule has 0 bridgehead atoms. The molecule has 3 aromatic heterocycles. The van der Waals surface area contributed by atoms with Crippen LogP contribution in [-0.4, -0.2) is 15.0 Å². The van der Waals surface area contributed by atoms with E-state index < -0.39 is 0 Å². The molecule has 136 valence electrons. The van der Waals surface area contributed by atoms with Crippen LogP contribution in [0, 0.1) is 0 Å². The predicted octanol–water partition coefficient (Wildman–Crippen LogP) is 4.97. The Morgan fingerprint density at radius 1 is 1.00 bits per heavy atom. The second-order valence-electron chi connectivity index (χ2n) is 7.03. The van der Waals surface area contributed by atoms with E-state index >= 15 is 0 Å². The van der Waals surface area contributed by atoms with Crippen LogP contribution >= 0.6 is 11.3 Å². The van der Waals surface area contributed by atoms with Crippen LogP contribution < -0.4 is 10.2 Å². The van der Waals surface area contributed by atoms with E-state index in [1.54, 1.807) is 23.7 Å². The van der Waals surface area contributed by atoms with Gasteiger partial charge in [-0.3, -0.25) is 4.79 Å². The zero-order valence-corrected chi connectivity index (χ0v) is 15.7. The highest BCUT2D eigenvalue weighted by Crippen LogP contribution is 2.41. The number of para-hydroxylation sites is 1. The van der Waals surface area contributed by atoms with E-state index in [2.05, 4.69) is 15.0 Å². The van der Waals surface area contributed by atoms with Gasteiger partial charge in [0.2, 0.25) is 5.88 Å². The Bertz CT molecular complexity index is 1450. The van der Waals surface area contributed by atoms with Gasteiger partial charge < -0.3 is 9.72 Å². The Balaban J connectivity index is 1.51. The SMILES string of the molecule is O=c1c2ccccc2[nH]c2ccc(Oc3ncnc4sc5c(c34)CCC5)cc12.